The molecule has 21 heavy (non-hydrogen) atoms. The predicted octanol–water partition coefficient (Wildman–Crippen LogP) is 3.63. The molecule has 0 bridgehead atoms. The van der Waals surface area contributed by atoms with Crippen molar-refractivity contribution in [1.29, 1.82) is 5.41 Å². The zero-order valence-electron chi connectivity index (χ0n) is 11.1. The summed E-state index contributed by atoms with van der Waals surface area (Å²) in [5.41, 5.74) is 6.56. The van der Waals surface area contributed by atoms with Crippen LogP contribution in [-0.4, -0.2) is 10.8 Å². The molecule has 2 aromatic rings. The Kier molecular flexibility index (Phi) is 4.09. The number of nitrogens with zero attached hydrogens (tertiary/aromatic N) is 1. The molecule has 0 aliphatic heterocycles. The van der Waals surface area contributed by atoms with E-state index >= 15 is 0 Å². The van der Waals surface area contributed by atoms with E-state index in [-0.39, 0.29) is 16.5 Å². The Morgan fingerprint density at radius 2 is 2.10 bits per heavy atom. The highest BCUT2D eigenvalue weighted by Gasteiger charge is 2.15. The lowest BCUT2D eigenvalue weighted by Crippen LogP contribution is -2.12. The molecule has 6 nitrogen and oxygen atoms in total. The maximum Gasteiger partial charge on any atom is 0.288 e. The van der Waals surface area contributed by atoms with Gasteiger partial charge >= 0.3 is 0 Å². The van der Waals surface area contributed by atoms with Crippen molar-refractivity contribution < 1.29 is 9.66 Å². The molecule has 0 unspecified atom stereocenters. The molecule has 2 rings (SSSR count). The van der Waals surface area contributed by atoms with Gasteiger partial charge < -0.3 is 10.5 Å². The third kappa shape index (κ3) is 3.11. The van der Waals surface area contributed by atoms with Crippen molar-refractivity contribution in [2.75, 3.05) is 0 Å². The molecule has 0 atom stereocenters. The number of nitrogen functional groups attached to an aromatic ring is 1. The highest BCUT2D eigenvalue weighted by Crippen LogP contribution is 2.33. The minimum Gasteiger partial charge on any atom is -0.456 e. The van der Waals surface area contributed by atoms with Gasteiger partial charge in [0.15, 0.2) is 0 Å². The first kappa shape index (κ1) is 14.8. The second kappa shape index (κ2) is 5.80. The van der Waals surface area contributed by atoms with Crippen LogP contribution in [0.25, 0.3) is 0 Å². The van der Waals surface area contributed by atoms with Crippen LogP contribution in [0, 0.1) is 22.4 Å². The number of nitrogens with one attached hydrogen (secondary N) is 1. The van der Waals surface area contributed by atoms with Gasteiger partial charge in [-0.25, -0.2) is 0 Å². The number of ether oxygens (including phenoxy) is 1. The molecule has 0 aliphatic rings. The molecular formula is C14H12ClN3O3. The smallest absolute Gasteiger partial charge is 0.288 e. The van der Waals surface area contributed by atoms with Crippen LogP contribution in [0.5, 0.6) is 11.5 Å². The van der Waals surface area contributed by atoms with Crippen molar-refractivity contribution in [2.24, 2.45) is 5.73 Å². The maximum absolute atomic E-state index is 10.7. The summed E-state index contributed by atoms with van der Waals surface area (Å²) in [5.74, 6) is 0.638. The van der Waals surface area contributed by atoms with Crippen molar-refractivity contribution in [3.63, 3.8) is 0 Å². The number of amidine groups is 1. The van der Waals surface area contributed by atoms with Crippen LogP contribution < -0.4 is 10.5 Å². The molecule has 0 aromatic heterocycles. The molecule has 7 heteroatoms. The summed E-state index contributed by atoms with van der Waals surface area (Å²) in [6, 6.07) is 9.31. The van der Waals surface area contributed by atoms with E-state index in [0.29, 0.717) is 17.1 Å². The molecule has 0 saturated carbocycles. The van der Waals surface area contributed by atoms with E-state index in [2.05, 4.69) is 0 Å². The SMILES string of the molecule is Cc1cccc(C(=N)N)c1Oc1ccc([N+](=O)[O-])c(Cl)c1. The Hall–Kier alpha value is -2.60. The van der Waals surface area contributed by atoms with Crippen molar-refractivity contribution in [3.8, 4) is 11.5 Å². The van der Waals surface area contributed by atoms with Gasteiger partial charge in [0, 0.05) is 12.1 Å². The average molecular weight is 306 g/mol. The lowest BCUT2D eigenvalue weighted by atomic mass is 10.1. The van der Waals surface area contributed by atoms with E-state index in [0.717, 1.165) is 5.56 Å². The minimum absolute atomic E-state index is 0.0181. The lowest BCUT2D eigenvalue weighted by molar-refractivity contribution is -0.384. The van der Waals surface area contributed by atoms with Gasteiger partial charge in [-0.2, -0.15) is 0 Å². The monoisotopic (exact) mass is 305 g/mol. The number of hydrogen-bond donors (Lipinski definition) is 2. The molecule has 2 aromatic carbocycles. The molecule has 0 spiro atoms. The highest BCUT2D eigenvalue weighted by atomic mass is 35.5. The van der Waals surface area contributed by atoms with Crippen molar-refractivity contribution in [1.82, 2.24) is 0 Å². The fourth-order valence-electron chi connectivity index (χ4n) is 1.82. The van der Waals surface area contributed by atoms with Gasteiger partial charge in [-0.15, -0.1) is 0 Å². The number of rotatable bonds is 4. The third-order valence-electron chi connectivity index (χ3n) is 2.84. The Morgan fingerprint density at radius 3 is 2.67 bits per heavy atom. The summed E-state index contributed by atoms with van der Waals surface area (Å²) in [6.45, 7) is 1.81. The normalized spacial score (nSPS) is 10.2. The van der Waals surface area contributed by atoms with Crippen molar-refractivity contribution >= 4 is 23.1 Å². The van der Waals surface area contributed by atoms with Crippen LogP contribution in [0.1, 0.15) is 11.1 Å². The summed E-state index contributed by atoms with van der Waals surface area (Å²) in [7, 11) is 0. The molecule has 0 amide bonds. The van der Waals surface area contributed by atoms with E-state index in [4.69, 9.17) is 27.5 Å². The second-order valence-electron chi connectivity index (χ2n) is 4.34. The predicted molar refractivity (Wildman–Crippen MR) is 80.4 cm³/mol. The van der Waals surface area contributed by atoms with E-state index in [9.17, 15) is 10.1 Å². The van der Waals surface area contributed by atoms with Gasteiger partial charge in [0.25, 0.3) is 5.69 Å². The first-order chi connectivity index (χ1) is 9.90. The third-order valence-corrected chi connectivity index (χ3v) is 3.14. The topological polar surface area (TPSA) is 102 Å². The Bertz CT molecular complexity index is 731. The fraction of sp³-hybridized carbons (Fsp3) is 0.0714. The largest absolute Gasteiger partial charge is 0.456 e. The number of nitro groups is 1. The molecule has 108 valence electrons. The van der Waals surface area contributed by atoms with Crippen LogP contribution in [-0.2, 0) is 0 Å². The molecule has 0 heterocycles. The van der Waals surface area contributed by atoms with Gasteiger partial charge in [0.2, 0.25) is 0 Å². The van der Waals surface area contributed by atoms with Crippen LogP contribution in [0.15, 0.2) is 36.4 Å². The molecule has 0 radical (unpaired) electrons. The first-order valence-electron chi connectivity index (χ1n) is 5.96. The van der Waals surface area contributed by atoms with E-state index in [1.165, 1.54) is 18.2 Å². The molecular weight excluding hydrogens is 294 g/mol. The van der Waals surface area contributed by atoms with Gasteiger partial charge in [-0.3, -0.25) is 15.5 Å². The summed E-state index contributed by atoms with van der Waals surface area (Å²) < 4.78 is 5.69. The number of nitrogens with two attached hydrogens (primary N) is 1. The fourth-order valence-corrected chi connectivity index (χ4v) is 2.06. The molecule has 3 N–H and O–H groups in total. The van der Waals surface area contributed by atoms with Gasteiger partial charge in [0.05, 0.1) is 10.5 Å². The number of halogens is 1. The number of hydrogen-bond acceptors (Lipinski definition) is 4. The lowest BCUT2D eigenvalue weighted by Gasteiger charge is -2.13. The Morgan fingerprint density at radius 1 is 1.38 bits per heavy atom. The first-order valence-corrected chi connectivity index (χ1v) is 6.33. The molecule has 0 fully saturated rings. The zero-order chi connectivity index (χ0) is 15.6. The molecule has 0 saturated heterocycles. The summed E-state index contributed by atoms with van der Waals surface area (Å²) in [6.07, 6.45) is 0. The van der Waals surface area contributed by atoms with E-state index in [1.807, 2.05) is 13.0 Å². The van der Waals surface area contributed by atoms with E-state index in [1.54, 1.807) is 12.1 Å². The van der Waals surface area contributed by atoms with Gasteiger partial charge in [0.1, 0.15) is 22.4 Å². The minimum atomic E-state index is -0.569. The van der Waals surface area contributed by atoms with Gasteiger partial charge in [-0.05, 0) is 24.6 Å². The van der Waals surface area contributed by atoms with Crippen LogP contribution in [0.2, 0.25) is 5.02 Å². The van der Waals surface area contributed by atoms with Crippen LogP contribution in [0.3, 0.4) is 0 Å². The van der Waals surface area contributed by atoms with Crippen molar-refractivity contribution in [3.05, 3.63) is 62.7 Å². The summed E-state index contributed by atoms with van der Waals surface area (Å²) >= 11 is 5.84. The van der Waals surface area contributed by atoms with Crippen LogP contribution in [0.4, 0.5) is 5.69 Å². The van der Waals surface area contributed by atoms with Gasteiger partial charge in [-0.1, -0.05) is 23.7 Å². The zero-order valence-corrected chi connectivity index (χ0v) is 11.8. The quantitative estimate of drug-likeness (QED) is 0.389. The number of nitro benzene ring substituents is 1. The second-order valence-corrected chi connectivity index (χ2v) is 4.74. The van der Waals surface area contributed by atoms with E-state index < -0.39 is 4.92 Å². The summed E-state index contributed by atoms with van der Waals surface area (Å²) in [5, 5.41) is 18.3. The highest BCUT2D eigenvalue weighted by molar-refractivity contribution is 6.32. The number of para-hydroxylation sites is 1. The van der Waals surface area contributed by atoms with Crippen molar-refractivity contribution in [2.45, 2.75) is 6.92 Å². The number of benzene rings is 2. The maximum atomic E-state index is 10.7. The molecule has 0 aliphatic carbocycles. The van der Waals surface area contributed by atoms with Crippen LogP contribution >= 0.6 is 11.6 Å². The Balaban J connectivity index is 2.41. The summed E-state index contributed by atoms with van der Waals surface area (Å²) in [4.78, 5) is 10.2. The standard InChI is InChI=1S/C14H12ClN3O3/c1-8-3-2-4-10(14(16)17)13(8)21-9-5-6-12(18(19)20)11(15)7-9/h2-7H,1H3,(H3,16,17). The number of aryl methyl sites for hydroxylation is 1. The Labute approximate surface area is 125 Å². The average Bonchev–Trinajstić information content (AvgIpc) is 2.40.